The predicted molar refractivity (Wildman–Crippen MR) is 304 cm³/mol. The summed E-state index contributed by atoms with van der Waals surface area (Å²) >= 11 is 0. The van der Waals surface area contributed by atoms with Gasteiger partial charge in [0.15, 0.2) is 8.07 Å². The second-order valence-corrected chi connectivity index (χ2v) is 25.7. The van der Waals surface area contributed by atoms with E-state index >= 15 is 0 Å². The van der Waals surface area contributed by atoms with Gasteiger partial charge in [-0.1, -0.05) is 205 Å². The van der Waals surface area contributed by atoms with Gasteiger partial charge >= 0.3 is 0 Å². The molecule has 2 aliphatic heterocycles. The molecule has 75 heavy (non-hydrogen) atoms. The number of ether oxygens (including phenoxy) is 1. The van der Waals surface area contributed by atoms with Crippen LogP contribution in [0, 0.1) is 18.5 Å². The molecule has 0 N–H and O–H groups in total. The molecule has 9 aromatic carbocycles. The van der Waals surface area contributed by atoms with Crippen molar-refractivity contribution in [3.05, 3.63) is 236 Å². The Morgan fingerprint density at radius 1 is 0.493 bits per heavy atom. The molecule has 7 heteroatoms. The molecule has 5 nitrogen and oxygen atoms in total. The molecule has 0 saturated heterocycles. The predicted octanol–water partition coefficient (Wildman–Crippen LogP) is 13.2. The SMILES string of the molecule is CC(C)(C)c1ccc([Si]2(c3ccc(C(C)(C)C)cc3)c3cccnc3-n3c4[c-]c(Oc5[c-]c(-n6[c-][n+]7c8c(cccc86)-c6ccccc6-c6ccccc6-c6ccccc6-7)ccc5)ccc4c4cccc2c43)cc1.[Pt]. The molecule has 12 aromatic rings. The van der Waals surface area contributed by atoms with E-state index in [1.165, 1.54) is 65.0 Å². The molecule has 3 aromatic heterocycles. The summed E-state index contributed by atoms with van der Waals surface area (Å²) in [6.45, 7) is 13.7. The fourth-order valence-corrected chi connectivity index (χ4v) is 17.1. The number of fused-ring (bicyclic) bond motifs is 12. The van der Waals surface area contributed by atoms with Gasteiger partial charge in [-0.2, -0.15) is 18.2 Å². The van der Waals surface area contributed by atoms with Crippen molar-refractivity contribution in [2.75, 3.05) is 0 Å². The van der Waals surface area contributed by atoms with Crippen LogP contribution < -0.4 is 30.1 Å². The zero-order chi connectivity index (χ0) is 50.1. The molecule has 0 bridgehead atoms. The summed E-state index contributed by atoms with van der Waals surface area (Å²) in [6, 6.07) is 80.8. The third kappa shape index (κ3) is 7.14. The Kier molecular flexibility index (Phi) is 10.8. The van der Waals surface area contributed by atoms with E-state index in [9.17, 15) is 0 Å². The van der Waals surface area contributed by atoms with Crippen LogP contribution >= 0.6 is 0 Å². The average molecular weight is 1160 g/mol. The zero-order valence-corrected chi connectivity index (χ0v) is 45.9. The van der Waals surface area contributed by atoms with Gasteiger partial charge in [-0.05, 0) is 99.3 Å². The molecular weight excluding hydrogens is 1110 g/mol. The maximum absolute atomic E-state index is 6.85. The van der Waals surface area contributed by atoms with Crippen LogP contribution in [0.4, 0.5) is 0 Å². The maximum Gasteiger partial charge on any atom is 0.268 e. The number of benzene rings is 9. The van der Waals surface area contributed by atoms with Crippen LogP contribution in [0.2, 0.25) is 0 Å². The summed E-state index contributed by atoms with van der Waals surface area (Å²) in [4.78, 5) is 5.31. The number of pyridine rings is 1. The molecule has 0 atom stereocenters. The van der Waals surface area contributed by atoms with Gasteiger partial charge in [-0.25, -0.2) is 4.98 Å². The standard InChI is InChI=1S/C68H52N4OSi.Pt/c1-67(2,3)44-30-35-49(36-31-44)74(50-37-32-45(33-38-50)68(4,5)6)62-28-15-25-58-56-39-34-48(42-61(56)72(65(58)62)66-63(74)29-16-40-69-66)73-47-18-13-17-46(41-47)70-43-71-59-26-12-11-23-55(59)53-21-9-7-19-51(53)52-20-8-10-22-54(52)57-24-14-27-60(70)64(57)71;/h7-40H,1-6H3;/q-2;. The first kappa shape index (κ1) is 46.9. The van der Waals surface area contributed by atoms with Gasteiger partial charge in [-0.15, -0.1) is 29.7 Å². The normalized spacial score (nSPS) is 13.2. The summed E-state index contributed by atoms with van der Waals surface area (Å²) in [7, 11) is -2.97. The minimum Gasteiger partial charge on any atom is -0.510 e. The Bertz CT molecular complexity index is 4190. The van der Waals surface area contributed by atoms with Crippen LogP contribution in [0.5, 0.6) is 11.5 Å². The Morgan fingerprint density at radius 2 is 1.05 bits per heavy atom. The second-order valence-electron chi connectivity index (χ2n) is 22.0. The van der Waals surface area contributed by atoms with Crippen LogP contribution in [0.25, 0.3) is 83.4 Å². The number of para-hydroxylation sites is 3. The van der Waals surface area contributed by atoms with Gasteiger partial charge in [0.25, 0.3) is 6.33 Å². The topological polar surface area (TPSA) is 35.9 Å². The molecule has 5 heterocycles. The number of nitrogens with zero attached hydrogens (tertiary/aromatic N) is 4. The van der Waals surface area contributed by atoms with Gasteiger partial charge in [0.2, 0.25) is 0 Å². The number of hydrogen-bond acceptors (Lipinski definition) is 2. The van der Waals surface area contributed by atoms with E-state index in [2.05, 4.69) is 256 Å². The molecule has 14 rings (SSSR count). The van der Waals surface area contributed by atoms with Gasteiger partial charge in [0.1, 0.15) is 5.82 Å². The molecule has 0 unspecified atom stereocenters. The van der Waals surface area contributed by atoms with Crippen molar-refractivity contribution < 1.29 is 30.4 Å². The Hall–Kier alpha value is -7.89. The summed E-state index contributed by atoms with van der Waals surface area (Å²) < 4.78 is 13.5. The van der Waals surface area contributed by atoms with Crippen LogP contribution in [0.3, 0.4) is 0 Å². The monoisotopic (exact) mass is 1160 g/mol. The van der Waals surface area contributed by atoms with E-state index in [4.69, 9.17) is 9.72 Å². The number of aromatic nitrogens is 4. The Morgan fingerprint density at radius 3 is 1.72 bits per heavy atom. The first-order valence-corrected chi connectivity index (χ1v) is 27.6. The van der Waals surface area contributed by atoms with Crippen molar-refractivity contribution in [3.8, 4) is 62.1 Å². The molecular formula is C68H52N4OPtSi-2. The van der Waals surface area contributed by atoms with Crippen LogP contribution in [-0.4, -0.2) is 22.2 Å². The number of imidazole rings is 1. The van der Waals surface area contributed by atoms with Crippen LogP contribution in [-0.2, 0) is 31.9 Å². The van der Waals surface area contributed by atoms with Gasteiger partial charge in [-0.3, -0.25) is 4.57 Å². The van der Waals surface area contributed by atoms with Crippen molar-refractivity contribution >= 4 is 61.7 Å². The summed E-state index contributed by atoms with van der Waals surface area (Å²) in [5.74, 6) is 2.11. The van der Waals surface area contributed by atoms with Gasteiger partial charge < -0.3 is 13.9 Å². The number of rotatable bonds is 5. The maximum atomic E-state index is 6.85. The van der Waals surface area contributed by atoms with Crippen molar-refractivity contribution in [2.24, 2.45) is 0 Å². The van der Waals surface area contributed by atoms with Gasteiger partial charge in [0, 0.05) is 44.3 Å². The Balaban J connectivity index is 0.00000541. The van der Waals surface area contributed by atoms with Crippen molar-refractivity contribution in [3.63, 3.8) is 0 Å². The smallest absolute Gasteiger partial charge is 0.268 e. The van der Waals surface area contributed by atoms with Crippen LogP contribution in [0.1, 0.15) is 52.7 Å². The minimum absolute atomic E-state index is 0. The number of hydrogen-bond donors (Lipinski definition) is 0. The average Bonchev–Trinajstić information content (AvgIpc) is 4.04. The molecule has 366 valence electrons. The zero-order valence-electron chi connectivity index (χ0n) is 42.6. The molecule has 0 aliphatic carbocycles. The fraction of sp³-hybridized carbons (Fsp3) is 0.118. The summed E-state index contributed by atoms with van der Waals surface area (Å²) in [5.41, 5.74) is 15.8. The molecule has 0 radical (unpaired) electrons. The van der Waals surface area contributed by atoms with E-state index in [1.807, 2.05) is 24.4 Å². The van der Waals surface area contributed by atoms with E-state index in [0.717, 1.165) is 50.3 Å². The van der Waals surface area contributed by atoms with E-state index < -0.39 is 8.07 Å². The third-order valence-corrected chi connectivity index (χ3v) is 20.4. The van der Waals surface area contributed by atoms with Crippen molar-refractivity contribution in [2.45, 2.75) is 52.4 Å². The summed E-state index contributed by atoms with van der Waals surface area (Å²) in [5, 5.41) is 7.55. The first-order valence-electron chi connectivity index (χ1n) is 25.6. The van der Waals surface area contributed by atoms with E-state index in [0.29, 0.717) is 11.5 Å². The van der Waals surface area contributed by atoms with Crippen molar-refractivity contribution in [1.82, 2.24) is 14.1 Å². The van der Waals surface area contributed by atoms with E-state index in [-0.39, 0.29) is 31.9 Å². The second kappa shape index (κ2) is 17.3. The molecule has 2 aliphatic rings. The van der Waals surface area contributed by atoms with Crippen molar-refractivity contribution in [1.29, 1.82) is 0 Å². The fourth-order valence-electron chi connectivity index (χ4n) is 12.1. The van der Waals surface area contributed by atoms with Gasteiger partial charge in [0.05, 0.1) is 16.7 Å². The third-order valence-electron chi connectivity index (χ3n) is 15.6. The minimum atomic E-state index is -2.97. The molecule has 0 saturated carbocycles. The van der Waals surface area contributed by atoms with Crippen LogP contribution in [0.15, 0.2) is 206 Å². The first-order chi connectivity index (χ1) is 36.0. The molecule has 0 amide bonds. The quantitative estimate of drug-likeness (QED) is 0.0978. The summed E-state index contributed by atoms with van der Waals surface area (Å²) in [6.07, 6.45) is 5.74. The van der Waals surface area contributed by atoms with E-state index in [1.54, 1.807) is 0 Å². The molecule has 0 spiro atoms. The Labute approximate surface area is 453 Å². The molecule has 0 fully saturated rings. The largest absolute Gasteiger partial charge is 0.510 e.